The van der Waals surface area contributed by atoms with E-state index in [9.17, 15) is 0 Å². The third kappa shape index (κ3) is 2.11. The van der Waals surface area contributed by atoms with Crippen LogP contribution in [0.5, 0.6) is 0 Å². The molecular formula is C16H19NS. The smallest absolute Gasteiger partial charge is 0.0332 e. The van der Waals surface area contributed by atoms with Crippen LogP contribution in [0.2, 0.25) is 0 Å². The highest BCUT2D eigenvalue weighted by atomic mass is 32.1. The van der Waals surface area contributed by atoms with Gasteiger partial charge >= 0.3 is 0 Å². The predicted octanol–water partition coefficient (Wildman–Crippen LogP) is 3.73. The molecule has 1 heterocycles. The van der Waals surface area contributed by atoms with Crippen molar-refractivity contribution in [2.45, 2.75) is 32.2 Å². The second kappa shape index (κ2) is 4.87. The summed E-state index contributed by atoms with van der Waals surface area (Å²) in [4.78, 5) is 2.97. The molecular weight excluding hydrogens is 238 g/mol. The van der Waals surface area contributed by atoms with Crippen LogP contribution in [0.4, 0.5) is 0 Å². The molecule has 2 atom stereocenters. The fourth-order valence-corrected chi connectivity index (χ4v) is 3.94. The van der Waals surface area contributed by atoms with Crippen molar-refractivity contribution in [1.29, 1.82) is 0 Å². The predicted molar refractivity (Wildman–Crippen MR) is 78.0 cm³/mol. The molecule has 1 aliphatic carbocycles. The maximum absolute atomic E-state index is 6.38. The van der Waals surface area contributed by atoms with Crippen LogP contribution in [0.15, 0.2) is 36.4 Å². The summed E-state index contributed by atoms with van der Waals surface area (Å²) < 4.78 is 0. The molecule has 0 amide bonds. The first-order chi connectivity index (χ1) is 8.78. The summed E-state index contributed by atoms with van der Waals surface area (Å²) in [5.41, 5.74) is 9.19. The highest BCUT2D eigenvalue weighted by Crippen LogP contribution is 2.37. The van der Waals surface area contributed by atoms with Crippen molar-refractivity contribution < 1.29 is 0 Å². The van der Waals surface area contributed by atoms with Gasteiger partial charge in [0, 0.05) is 15.8 Å². The summed E-state index contributed by atoms with van der Waals surface area (Å²) >= 11 is 1.94. The molecule has 0 spiro atoms. The minimum Gasteiger partial charge on any atom is -0.324 e. The number of hydrogen-bond acceptors (Lipinski definition) is 2. The van der Waals surface area contributed by atoms with Crippen molar-refractivity contribution in [1.82, 2.24) is 0 Å². The molecule has 1 nitrogen and oxygen atoms in total. The Bertz CT molecular complexity index is 544. The molecule has 18 heavy (non-hydrogen) atoms. The highest BCUT2D eigenvalue weighted by molar-refractivity contribution is 7.11. The second-order valence-electron chi connectivity index (χ2n) is 5.11. The number of aryl methyl sites for hydroxylation is 1. The molecule has 0 bridgehead atoms. The summed E-state index contributed by atoms with van der Waals surface area (Å²) in [6.45, 7) is 2.22. The van der Waals surface area contributed by atoms with E-state index in [1.54, 1.807) is 0 Å². The molecule has 2 aromatic rings. The molecule has 3 rings (SSSR count). The number of benzene rings is 1. The van der Waals surface area contributed by atoms with E-state index in [0.29, 0.717) is 5.92 Å². The lowest BCUT2D eigenvalue weighted by molar-refractivity contribution is 0.468. The average molecular weight is 257 g/mol. The van der Waals surface area contributed by atoms with E-state index in [4.69, 9.17) is 5.73 Å². The van der Waals surface area contributed by atoms with Gasteiger partial charge in [-0.25, -0.2) is 0 Å². The number of nitrogens with two attached hydrogens (primary N) is 1. The van der Waals surface area contributed by atoms with Crippen molar-refractivity contribution in [3.63, 3.8) is 0 Å². The van der Waals surface area contributed by atoms with Gasteiger partial charge in [0.05, 0.1) is 0 Å². The van der Waals surface area contributed by atoms with Gasteiger partial charge in [-0.15, -0.1) is 11.3 Å². The Morgan fingerprint density at radius 1 is 1.17 bits per heavy atom. The summed E-state index contributed by atoms with van der Waals surface area (Å²) in [6, 6.07) is 13.4. The molecule has 1 aromatic carbocycles. The van der Waals surface area contributed by atoms with Crippen LogP contribution in [0.3, 0.4) is 0 Å². The van der Waals surface area contributed by atoms with Crippen LogP contribution in [0.25, 0.3) is 0 Å². The number of thiophene rings is 1. The first kappa shape index (κ1) is 11.9. The zero-order valence-corrected chi connectivity index (χ0v) is 11.5. The van der Waals surface area contributed by atoms with Gasteiger partial charge in [-0.3, -0.25) is 0 Å². The second-order valence-corrected chi connectivity index (χ2v) is 6.37. The number of rotatable bonds is 3. The van der Waals surface area contributed by atoms with Crippen LogP contribution in [0.1, 0.15) is 33.8 Å². The van der Waals surface area contributed by atoms with Crippen LogP contribution in [-0.2, 0) is 19.3 Å². The third-order valence-corrected chi connectivity index (χ3v) is 5.19. The van der Waals surface area contributed by atoms with E-state index < -0.39 is 0 Å². The van der Waals surface area contributed by atoms with Gasteiger partial charge < -0.3 is 5.73 Å². The third-order valence-electron chi connectivity index (χ3n) is 3.93. The Hall–Kier alpha value is -1.12. The van der Waals surface area contributed by atoms with E-state index in [1.165, 1.54) is 20.9 Å². The van der Waals surface area contributed by atoms with Crippen LogP contribution >= 0.6 is 11.3 Å². The van der Waals surface area contributed by atoms with Crippen LogP contribution in [0, 0.1) is 5.92 Å². The number of fused-ring (bicyclic) bond motifs is 1. The zero-order chi connectivity index (χ0) is 12.5. The Morgan fingerprint density at radius 3 is 2.67 bits per heavy atom. The topological polar surface area (TPSA) is 26.0 Å². The van der Waals surface area contributed by atoms with E-state index in [0.717, 1.165) is 19.3 Å². The summed E-state index contributed by atoms with van der Waals surface area (Å²) in [5.74, 6) is 0.575. The quantitative estimate of drug-likeness (QED) is 0.891. The molecule has 0 saturated heterocycles. The molecule has 2 unspecified atom stereocenters. The SMILES string of the molecule is CCc1ccc(CC2Cc3ccccc3C2N)s1. The normalized spacial score (nSPS) is 22.1. The molecule has 1 aliphatic rings. The van der Waals surface area contributed by atoms with Crippen LogP contribution < -0.4 is 5.73 Å². The lowest BCUT2D eigenvalue weighted by Crippen LogP contribution is -2.18. The van der Waals surface area contributed by atoms with Gasteiger partial charge in [0.2, 0.25) is 0 Å². The van der Waals surface area contributed by atoms with E-state index in [2.05, 4.69) is 43.3 Å². The van der Waals surface area contributed by atoms with Gasteiger partial charge in [0.1, 0.15) is 0 Å². The molecule has 2 N–H and O–H groups in total. The molecule has 1 aromatic heterocycles. The minimum atomic E-state index is 0.216. The van der Waals surface area contributed by atoms with Crippen LogP contribution in [-0.4, -0.2) is 0 Å². The molecule has 0 aliphatic heterocycles. The van der Waals surface area contributed by atoms with Crippen molar-refractivity contribution in [3.05, 3.63) is 57.3 Å². The minimum absolute atomic E-state index is 0.216. The molecule has 94 valence electrons. The van der Waals surface area contributed by atoms with Gasteiger partial charge in [-0.05, 0) is 48.4 Å². The Labute approximate surface area is 113 Å². The van der Waals surface area contributed by atoms with Gasteiger partial charge in [-0.2, -0.15) is 0 Å². The molecule has 0 fully saturated rings. The van der Waals surface area contributed by atoms with E-state index in [-0.39, 0.29) is 6.04 Å². The average Bonchev–Trinajstić information content (AvgIpc) is 2.97. The summed E-state index contributed by atoms with van der Waals surface area (Å²) in [6.07, 6.45) is 3.40. The molecule has 2 heteroatoms. The van der Waals surface area contributed by atoms with Crippen molar-refractivity contribution >= 4 is 11.3 Å². The first-order valence-corrected chi connectivity index (χ1v) is 7.50. The Balaban J connectivity index is 1.76. The lowest BCUT2D eigenvalue weighted by Gasteiger charge is -2.14. The zero-order valence-electron chi connectivity index (χ0n) is 10.7. The fraction of sp³-hybridized carbons (Fsp3) is 0.375. The highest BCUT2D eigenvalue weighted by Gasteiger charge is 2.29. The Morgan fingerprint density at radius 2 is 1.94 bits per heavy atom. The standard InChI is InChI=1S/C16H19NS/c1-2-13-7-8-14(18-13)10-12-9-11-5-3-4-6-15(11)16(12)17/h3-8,12,16H,2,9-10,17H2,1H3. The van der Waals surface area contributed by atoms with Gasteiger partial charge in [0.25, 0.3) is 0 Å². The van der Waals surface area contributed by atoms with Gasteiger partial charge in [-0.1, -0.05) is 31.2 Å². The fourth-order valence-electron chi connectivity index (χ4n) is 2.89. The van der Waals surface area contributed by atoms with E-state index in [1.807, 2.05) is 11.3 Å². The largest absolute Gasteiger partial charge is 0.324 e. The van der Waals surface area contributed by atoms with Gasteiger partial charge in [0.15, 0.2) is 0 Å². The molecule has 0 radical (unpaired) electrons. The lowest BCUT2D eigenvalue weighted by atomic mass is 9.97. The Kier molecular flexibility index (Phi) is 3.23. The van der Waals surface area contributed by atoms with Crippen molar-refractivity contribution in [2.75, 3.05) is 0 Å². The van der Waals surface area contributed by atoms with Crippen molar-refractivity contribution in [2.24, 2.45) is 11.7 Å². The van der Waals surface area contributed by atoms with E-state index >= 15 is 0 Å². The monoisotopic (exact) mass is 257 g/mol. The maximum Gasteiger partial charge on any atom is 0.0332 e. The summed E-state index contributed by atoms with van der Waals surface area (Å²) in [7, 11) is 0. The first-order valence-electron chi connectivity index (χ1n) is 6.69. The maximum atomic E-state index is 6.38. The van der Waals surface area contributed by atoms with Crippen molar-refractivity contribution in [3.8, 4) is 0 Å². The number of hydrogen-bond donors (Lipinski definition) is 1. The molecule has 0 saturated carbocycles. The summed E-state index contributed by atoms with van der Waals surface area (Å²) in [5, 5.41) is 0.